The molecule has 0 saturated carbocycles. The number of thioether (sulfide) groups is 1. The number of hydrogen-bond donors (Lipinski definition) is 2. The summed E-state index contributed by atoms with van der Waals surface area (Å²) in [5.74, 6) is -0.650. The second-order valence-corrected chi connectivity index (χ2v) is 7.58. The lowest BCUT2D eigenvalue weighted by atomic mass is 10.2. The van der Waals surface area contributed by atoms with Crippen molar-refractivity contribution in [2.75, 3.05) is 10.5 Å². The molecular formula is C15H13F3N2O3S2. The van der Waals surface area contributed by atoms with E-state index in [1.54, 1.807) is 18.2 Å². The number of nitrogens with two attached hydrogens (primary N) is 1. The third-order valence-electron chi connectivity index (χ3n) is 2.97. The van der Waals surface area contributed by atoms with Crippen LogP contribution in [0.25, 0.3) is 0 Å². The molecule has 0 fully saturated rings. The van der Waals surface area contributed by atoms with Crippen molar-refractivity contribution in [3.63, 3.8) is 0 Å². The fraction of sp³-hybridized carbons (Fsp3) is 0.133. The highest BCUT2D eigenvalue weighted by Crippen LogP contribution is 2.32. The molecule has 25 heavy (non-hydrogen) atoms. The van der Waals surface area contributed by atoms with Gasteiger partial charge in [0, 0.05) is 4.90 Å². The van der Waals surface area contributed by atoms with Gasteiger partial charge in [0.2, 0.25) is 5.91 Å². The van der Waals surface area contributed by atoms with E-state index in [4.69, 9.17) is 5.73 Å². The van der Waals surface area contributed by atoms with Gasteiger partial charge in [0.15, 0.2) is 0 Å². The first-order valence-corrected chi connectivity index (χ1v) is 9.27. The lowest BCUT2D eigenvalue weighted by Crippen LogP contribution is -2.16. The number of hydrogen-bond acceptors (Lipinski definition) is 4. The zero-order valence-electron chi connectivity index (χ0n) is 12.6. The minimum Gasteiger partial charge on any atom is -0.369 e. The number of alkyl halides is 3. The highest BCUT2D eigenvalue weighted by molar-refractivity contribution is 8.00. The molecule has 0 aliphatic heterocycles. The average molecular weight is 390 g/mol. The Kier molecular flexibility index (Phi) is 5.63. The number of anilines is 1. The van der Waals surface area contributed by atoms with E-state index in [1.165, 1.54) is 6.07 Å². The highest BCUT2D eigenvalue weighted by atomic mass is 32.2. The number of benzene rings is 2. The summed E-state index contributed by atoms with van der Waals surface area (Å²) in [5, 5.41) is 0. The lowest BCUT2D eigenvalue weighted by Gasteiger charge is -2.13. The number of halogens is 3. The molecule has 0 aliphatic rings. The zero-order chi connectivity index (χ0) is 18.7. The summed E-state index contributed by atoms with van der Waals surface area (Å²) < 4.78 is 65.3. The monoisotopic (exact) mass is 390 g/mol. The van der Waals surface area contributed by atoms with Crippen molar-refractivity contribution < 1.29 is 26.4 Å². The Labute approximate surface area is 146 Å². The number of amides is 1. The van der Waals surface area contributed by atoms with Crippen LogP contribution >= 0.6 is 11.8 Å². The van der Waals surface area contributed by atoms with Crippen LogP contribution in [0.4, 0.5) is 18.9 Å². The molecule has 0 saturated heterocycles. The van der Waals surface area contributed by atoms with E-state index < -0.39 is 32.6 Å². The Balaban J connectivity index is 2.32. The molecule has 0 aromatic heterocycles. The van der Waals surface area contributed by atoms with Gasteiger partial charge in [0.05, 0.1) is 21.9 Å². The fourth-order valence-corrected chi connectivity index (χ4v) is 3.81. The minimum absolute atomic E-state index is 0.0672. The van der Waals surface area contributed by atoms with Crippen LogP contribution in [0.2, 0.25) is 0 Å². The molecule has 0 unspecified atom stereocenters. The maximum atomic E-state index is 12.8. The summed E-state index contributed by atoms with van der Waals surface area (Å²) in [6.07, 6.45) is -4.65. The van der Waals surface area contributed by atoms with Crippen LogP contribution in [0.1, 0.15) is 5.56 Å². The maximum Gasteiger partial charge on any atom is 0.416 e. The maximum absolute atomic E-state index is 12.8. The summed E-state index contributed by atoms with van der Waals surface area (Å²) >= 11 is 1.02. The van der Waals surface area contributed by atoms with Crippen molar-refractivity contribution >= 4 is 33.4 Å². The van der Waals surface area contributed by atoms with E-state index in [0.29, 0.717) is 11.0 Å². The molecule has 2 aromatic carbocycles. The largest absolute Gasteiger partial charge is 0.416 e. The van der Waals surface area contributed by atoms with Gasteiger partial charge in [-0.1, -0.05) is 18.2 Å². The third-order valence-corrected chi connectivity index (χ3v) is 5.43. The van der Waals surface area contributed by atoms with Gasteiger partial charge in [-0.15, -0.1) is 11.8 Å². The Hall–Kier alpha value is -2.20. The van der Waals surface area contributed by atoms with Crippen LogP contribution in [0.5, 0.6) is 0 Å². The second kappa shape index (κ2) is 7.36. The quantitative estimate of drug-likeness (QED) is 0.742. The number of nitrogens with one attached hydrogen (secondary N) is 1. The predicted octanol–water partition coefficient (Wildman–Crippen LogP) is 3.08. The molecule has 2 aromatic rings. The minimum atomic E-state index is -4.65. The number of sulfonamides is 1. The van der Waals surface area contributed by atoms with E-state index in [1.807, 2.05) is 0 Å². The summed E-state index contributed by atoms with van der Waals surface area (Å²) in [4.78, 5) is 10.8. The van der Waals surface area contributed by atoms with Gasteiger partial charge in [0.1, 0.15) is 0 Å². The first kappa shape index (κ1) is 19.1. The second-order valence-electron chi connectivity index (χ2n) is 4.88. The normalized spacial score (nSPS) is 12.0. The standard InChI is InChI=1S/C15H13F3N2O3S2/c16-15(17,18)10-4-3-5-11(8-10)25(22,23)20-12-6-1-2-7-13(12)24-9-14(19)21/h1-8,20H,9H2,(H2,19,21). The molecule has 0 spiro atoms. The van der Waals surface area contributed by atoms with Crippen molar-refractivity contribution in [3.8, 4) is 0 Å². The lowest BCUT2D eigenvalue weighted by molar-refractivity contribution is -0.137. The van der Waals surface area contributed by atoms with Crippen molar-refractivity contribution in [3.05, 3.63) is 54.1 Å². The number of carbonyl (C=O) groups excluding carboxylic acids is 1. The molecule has 134 valence electrons. The predicted molar refractivity (Wildman–Crippen MR) is 88.6 cm³/mol. The fourth-order valence-electron chi connectivity index (χ4n) is 1.87. The SMILES string of the molecule is NC(=O)CSc1ccccc1NS(=O)(=O)c1cccc(C(F)(F)F)c1. The van der Waals surface area contributed by atoms with Crippen LogP contribution in [-0.2, 0) is 21.0 Å². The van der Waals surface area contributed by atoms with Crippen molar-refractivity contribution in [2.24, 2.45) is 5.73 Å². The average Bonchev–Trinajstić information content (AvgIpc) is 2.53. The van der Waals surface area contributed by atoms with Gasteiger partial charge >= 0.3 is 6.18 Å². The summed E-state index contributed by atoms with van der Waals surface area (Å²) in [6.45, 7) is 0. The van der Waals surface area contributed by atoms with Gasteiger partial charge in [-0.2, -0.15) is 13.2 Å². The molecule has 1 amide bonds. The topological polar surface area (TPSA) is 89.3 Å². The Bertz CT molecular complexity index is 884. The van der Waals surface area contributed by atoms with Crippen LogP contribution in [0, 0.1) is 0 Å². The summed E-state index contributed by atoms with van der Waals surface area (Å²) in [7, 11) is -4.24. The van der Waals surface area contributed by atoms with Crippen molar-refractivity contribution in [1.29, 1.82) is 0 Å². The van der Waals surface area contributed by atoms with Crippen LogP contribution in [-0.4, -0.2) is 20.1 Å². The highest BCUT2D eigenvalue weighted by Gasteiger charge is 2.31. The first-order chi connectivity index (χ1) is 11.6. The first-order valence-electron chi connectivity index (χ1n) is 6.80. The van der Waals surface area contributed by atoms with E-state index in [2.05, 4.69) is 4.72 Å². The summed E-state index contributed by atoms with van der Waals surface area (Å²) in [6, 6.07) is 9.62. The molecule has 2 rings (SSSR count). The molecule has 0 radical (unpaired) electrons. The van der Waals surface area contributed by atoms with Crippen LogP contribution in [0.15, 0.2) is 58.3 Å². The van der Waals surface area contributed by atoms with Gasteiger partial charge in [0.25, 0.3) is 10.0 Å². The van der Waals surface area contributed by atoms with E-state index in [0.717, 1.165) is 30.0 Å². The van der Waals surface area contributed by atoms with Gasteiger partial charge in [-0.05, 0) is 30.3 Å². The van der Waals surface area contributed by atoms with Crippen molar-refractivity contribution in [1.82, 2.24) is 0 Å². The molecular weight excluding hydrogens is 377 g/mol. The number of primary amides is 1. The molecule has 0 aliphatic carbocycles. The number of rotatable bonds is 6. The Morgan fingerprint density at radius 3 is 2.44 bits per heavy atom. The number of para-hydroxylation sites is 1. The number of carbonyl (C=O) groups is 1. The Morgan fingerprint density at radius 2 is 1.80 bits per heavy atom. The molecule has 0 bridgehead atoms. The van der Waals surface area contributed by atoms with Crippen LogP contribution < -0.4 is 10.5 Å². The van der Waals surface area contributed by atoms with Gasteiger partial charge in [-0.25, -0.2) is 8.42 Å². The molecule has 0 atom stereocenters. The zero-order valence-corrected chi connectivity index (χ0v) is 14.2. The van der Waals surface area contributed by atoms with Gasteiger partial charge < -0.3 is 5.73 Å². The Morgan fingerprint density at radius 1 is 1.12 bits per heavy atom. The van der Waals surface area contributed by atoms with E-state index in [-0.39, 0.29) is 11.4 Å². The van der Waals surface area contributed by atoms with Crippen molar-refractivity contribution in [2.45, 2.75) is 16.0 Å². The smallest absolute Gasteiger partial charge is 0.369 e. The molecule has 5 nitrogen and oxygen atoms in total. The van der Waals surface area contributed by atoms with E-state index >= 15 is 0 Å². The third kappa shape index (κ3) is 5.13. The molecule has 10 heteroatoms. The molecule has 0 heterocycles. The molecule has 3 N–H and O–H groups in total. The van der Waals surface area contributed by atoms with Crippen LogP contribution in [0.3, 0.4) is 0 Å². The van der Waals surface area contributed by atoms with E-state index in [9.17, 15) is 26.4 Å². The van der Waals surface area contributed by atoms with Gasteiger partial charge in [-0.3, -0.25) is 9.52 Å². The summed E-state index contributed by atoms with van der Waals surface area (Å²) in [5.41, 5.74) is 4.14.